The van der Waals surface area contributed by atoms with Crippen LogP contribution in [0.25, 0.3) is 0 Å². The van der Waals surface area contributed by atoms with Crippen LogP contribution >= 0.6 is 0 Å². The van der Waals surface area contributed by atoms with E-state index in [1.165, 1.54) is 0 Å². The number of carbonyl (C=O) groups is 1. The van der Waals surface area contributed by atoms with Gasteiger partial charge in [0.2, 0.25) is 5.91 Å². The predicted molar refractivity (Wildman–Crippen MR) is 81.3 cm³/mol. The zero-order valence-corrected chi connectivity index (χ0v) is 12.1. The summed E-state index contributed by atoms with van der Waals surface area (Å²) in [4.78, 5) is 11.2. The lowest BCUT2D eigenvalue weighted by molar-refractivity contribution is -0.115. The van der Waals surface area contributed by atoms with Crippen molar-refractivity contribution in [1.82, 2.24) is 10.2 Å². The highest BCUT2D eigenvalue weighted by molar-refractivity contribution is 5.89. The molecule has 0 saturated carbocycles. The van der Waals surface area contributed by atoms with Crippen LogP contribution in [0.3, 0.4) is 0 Å². The largest absolute Gasteiger partial charge is 0.497 e. The van der Waals surface area contributed by atoms with Crippen LogP contribution < -0.4 is 15.4 Å². The lowest BCUT2D eigenvalue weighted by Gasteiger charge is -2.07. The Morgan fingerprint density at radius 2 is 1.76 bits per heavy atom. The molecule has 0 aliphatic carbocycles. The summed E-state index contributed by atoms with van der Waals surface area (Å²) in [6.45, 7) is 2.42. The van der Waals surface area contributed by atoms with Crippen LogP contribution in [0, 0.1) is 0 Å². The lowest BCUT2D eigenvalue weighted by Crippen LogP contribution is -2.11. The van der Waals surface area contributed by atoms with E-state index in [1.54, 1.807) is 26.2 Å². The zero-order valence-electron chi connectivity index (χ0n) is 12.1. The molecule has 0 radical (unpaired) electrons. The molecule has 110 valence electrons. The number of aromatic nitrogens is 2. The Bertz CT molecular complexity index is 582. The average molecular weight is 286 g/mol. The number of ether oxygens (including phenoxy) is 1. The average Bonchev–Trinajstić information content (AvgIpc) is 2.54. The van der Waals surface area contributed by atoms with Gasteiger partial charge in [-0.1, -0.05) is 19.1 Å². The molecule has 0 saturated heterocycles. The van der Waals surface area contributed by atoms with E-state index in [1.807, 2.05) is 24.3 Å². The van der Waals surface area contributed by atoms with E-state index in [4.69, 9.17) is 4.74 Å². The lowest BCUT2D eigenvalue weighted by atomic mass is 10.2. The van der Waals surface area contributed by atoms with E-state index in [2.05, 4.69) is 20.8 Å². The molecule has 2 N–H and O–H groups in total. The van der Waals surface area contributed by atoms with E-state index >= 15 is 0 Å². The molecule has 2 rings (SSSR count). The smallest absolute Gasteiger partial charge is 0.225 e. The molecular formula is C15H18N4O2. The van der Waals surface area contributed by atoms with Gasteiger partial charge < -0.3 is 15.4 Å². The van der Waals surface area contributed by atoms with Crippen LogP contribution in [0.4, 0.5) is 11.6 Å². The number of carbonyl (C=O) groups excluding carboxylic acids is 1. The van der Waals surface area contributed by atoms with Gasteiger partial charge in [-0.2, -0.15) is 0 Å². The first-order chi connectivity index (χ1) is 10.2. The monoisotopic (exact) mass is 286 g/mol. The van der Waals surface area contributed by atoms with Gasteiger partial charge in [0.1, 0.15) is 11.6 Å². The molecule has 1 aromatic carbocycles. The van der Waals surface area contributed by atoms with E-state index < -0.39 is 0 Å². The molecule has 21 heavy (non-hydrogen) atoms. The van der Waals surface area contributed by atoms with Crippen molar-refractivity contribution in [3.8, 4) is 5.75 Å². The minimum atomic E-state index is -0.0803. The number of rotatable bonds is 6. The van der Waals surface area contributed by atoms with Crippen molar-refractivity contribution in [2.24, 2.45) is 0 Å². The SMILES string of the molecule is CCC(=O)Nc1ccc(NCc2ccc(OC)cc2)nn1. The van der Waals surface area contributed by atoms with Crippen molar-refractivity contribution < 1.29 is 9.53 Å². The molecule has 0 aliphatic rings. The number of hydrogen-bond acceptors (Lipinski definition) is 5. The quantitative estimate of drug-likeness (QED) is 0.853. The summed E-state index contributed by atoms with van der Waals surface area (Å²) in [7, 11) is 1.64. The molecule has 6 heteroatoms. The van der Waals surface area contributed by atoms with Crippen LogP contribution in [0.15, 0.2) is 36.4 Å². The summed E-state index contributed by atoms with van der Waals surface area (Å²) in [5, 5.41) is 13.8. The molecule has 1 heterocycles. The maximum Gasteiger partial charge on any atom is 0.225 e. The first kappa shape index (κ1) is 14.8. The number of amides is 1. The van der Waals surface area contributed by atoms with Crippen molar-refractivity contribution in [1.29, 1.82) is 0 Å². The standard InChI is InChI=1S/C15H18N4O2/c1-3-15(20)17-14-9-8-13(18-19-14)16-10-11-4-6-12(21-2)7-5-11/h4-9H,3,10H2,1-2H3,(H,16,18)(H,17,19,20). The van der Waals surface area contributed by atoms with Crippen molar-refractivity contribution >= 4 is 17.5 Å². The molecule has 0 unspecified atom stereocenters. The second-order valence-electron chi connectivity index (χ2n) is 4.41. The maximum atomic E-state index is 11.2. The van der Waals surface area contributed by atoms with E-state index in [9.17, 15) is 4.79 Å². The fraction of sp³-hybridized carbons (Fsp3) is 0.267. The van der Waals surface area contributed by atoms with Crippen LogP contribution in [-0.2, 0) is 11.3 Å². The van der Waals surface area contributed by atoms with Crippen LogP contribution in [-0.4, -0.2) is 23.2 Å². The first-order valence-electron chi connectivity index (χ1n) is 6.71. The minimum absolute atomic E-state index is 0.0803. The van der Waals surface area contributed by atoms with Crippen molar-refractivity contribution in [2.75, 3.05) is 17.7 Å². The number of nitrogens with zero attached hydrogens (tertiary/aromatic N) is 2. The molecule has 1 aromatic heterocycles. The third kappa shape index (κ3) is 4.45. The molecule has 2 aromatic rings. The van der Waals surface area contributed by atoms with Gasteiger partial charge in [0, 0.05) is 13.0 Å². The molecule has 0 atom stereocenters. The highest BCUT2D eigenvalue weighted by Crippen LogP contribution is 2.13. The molecule has 6 nitrogen and oxygen atoms in total. The van der Waals surface area contributed by atoms with Crippen LogP contribution in [0.1, 0.15) is 18.9 Å². The van der Waals surface area contributed by atoms with Gasteiger partial charge in [0.25, 0.3) is 0 Å². The number of nitrogens with one attached hydrogen (secondary N) is 2. The number of hydrogen-bond donors (Lipinski definition) is 2. The molecule has 0 fully saturated rings. The maximum absolute atomic E-state index is 11.2. The Morgan fingerprint density at radius 1 is 1.10 bits per heavy atom. The Morgan fingerprint density at radius 3 is 2.33 bits per heavy atom. The topological polar surface area (TPSA) is 76.1 Å². The first-order valence-corrected chi connectivity index (χ1v) is 6.71. The van der Waals surface area contributed by atoms with Gasteiger partial charge in [0.15, 0.2) is 5.82 Å². The van der Waals surface area contributed by atoms with Gasteiger partial charge in [-0.05, 0) is 29.8 Å². The van der Waals surface area contributed by atoms with Gasteiger partial charge in [-0.25, -0.2) is 0 Å². The summed E-state index contributed by atoms with van der Waals surface area (Å²) < 4.78 is 5.11. The van der Waals surface area contributed by atoms with E-state index in [-0.39, 0.29) is 5.91 Å². The Labute approximate surface area is 123 Å². The van der Waals surface area contributed by atoms with E-state index in [0.717, 1.165) is 11.3 Å². The summed E-state index contributed by atoms with van der Waals surface area (Å²) in [5.74, 6) is 1.86. The van der Waals surface area contributed by atoms with Crippen molar-refractivity contribution in [2.45, 2.75) is 19.9 Å². The number of benzene rings is 1. The second kappa shape index (κ2) is 7.23. The van der Waals surface area contributed by atoms with Gasteiger partial charge >= 0.3 is 0 Å². The second-order valence-corrected chi connectivity index (χ2v) is 4.41. The summed E-state index contributed by atoms with van der Waals surface area (Å²) in [5.41, 5.74) is 1.11. The fourth-order valence-corrected chi connectivity index (χ4v) is 1.66. The number of anilines is 2. The molecule has 0 spiro atoms. The fourth-order valence-electron chi connectivity index (χ4n) is 1.66. The molecule has 1 amide bonds. The van der Waals surface area contributed by atoms with Crippen molar-refractivity contribution in [3.05, 3.63) is 42.0 Å². The summed E-state index contributed by atoms with van der Waals surface area (Å²) in [6, 6.07) is 11.3. The minimum Gasteiger partial charge on any atom is -0.497 e. The highest BCUT2D eigenvalue weighted by atomic mass is 16.5. The van der Waals surface area contributed by atoms with Gasteiger partial charge in [0.05, 0.1) is 7.11 Å². The highest BCUT2D eigenvalue weighted by Gasteiger charge is 2.01. The van der Waals surface area contributed by atoms with Crippen molar-refractivity contribution in [3.63, 3.8) is 0 Å². The normalized spacial score (nSPS) is 10.0. The predicted octanol–water partition coefficient (Wildman–Crippen LogP) is 2.45. The molecule has 0 aliphatic heterocycles. The summed E-state index contributed by atoms with van der Waals surface area (Å²) >= 11 is 0. The third-order valence-electron chi connectivity index (χ3n) is 2.89. The van der Waals surface area contributed by atoms with Crippen LogP contribution in [0.2, 0.25) is 0 Å². The Hall–Kier alpha value is -2.63. The molecular weight excluding hydrogens is 268 g/mol. The zero-order chi connectivity index (χ0) is 15.1. The Balaban J connectivity index is 1.89. The Kier molecular flexibility index (Phi) is 5.09. The summed E-state index contributed by atoms with van der Waals surface area (Å²) in [6.07, 6.45) is 0.416. The number of methoxy groups -OCH3 is 1. The van der Waals surface area contributed by atoms with Gasteiger partial charge in [-0.15, -0.1) is 10.2 Å². The van der Waals surface area contributed by atoms with E-state index in [0.29, 0.717) is 24.6 Å². The van der Waals surface area contributed by atoms with Gasteiger partial charge in [-0.3, -0.25) is 4.79 Å². The van der Waals surface area contributed by atoms with Crippen LogP contribution in [0.5, 0.6) is 5.75 Å². The molecule has 0 bridgehead atoms. The third-order valence-corrected chi connectivity index (χ3v) is 2.89.